The molecule has 0 saturated heterocycles. The van der Waals surface area contributed by atoms with Crippen molar-refractivity contribution in [2.75, 3.05) is 0 Å². The van der Waals surface area contributed by atoms with Gasteiger partial charge in [0.2, 0.25) is 0 Å². The third-order valence-corrected chi connectivity index (χ3v) is 2.17. The van der Waals surface area contributed by atoms with Crippen LogP contribution >= 0.6 is 0 Å². The SMILES string of the molecule is C=C1C=C(c2ccccc2)C=CC1=O. The summed E-state index contributed by atoms with van der Waals surface area (Å²) in [7, 11) is 0. The summed E-state index contributed by atoms with van der Waals surface area (Å²) < 4.78 is 0. The molecule has 0 bridgehead atoms. The Bertz CT molecular complexity index is 436. The second kappa shape index (κ2) is 3.46. The first-order valence-corrected chi connectivity index (χ1v) is 4.46. The smallest absolute Gasteiger partial charge is 0.185 e. The summed E-state index contributed by atoms with van der Waals surface area (Å²) in [5.41, 5.74) is 2.69. The number of ketones is 1. The number of carbonyl (C=O) groups excluding carboxylic acids is 1. The van der Waals surface area contributed by atoms with E-state index < -0.39 is 0 Å². The van der Waals surface area contributed by atoms with E-state index in [1.54, 1.807) is 6.08 Å². The normalized spacial score (nSPS) is 15.6. The van der Waals surface area contributed by atoms with E-state index >= 15 is 0 Å². The summed E-state index contributed by atoms with van der Waals surface area (Å²) >= 11 is 0. The highest BCUT2D eigenvalue weighted by Gasteiger charge is 2.08. The quantitative estimate of drug-likeness (QED) is 0.610. The molecule has 0 heterocycles. The molecule has 0 atom stereocenters. The van der Waals surface area contributed by atoms with Crippen LogP contribution < -0.4 is 0 Å². The lowest BCUT2D eigenvalue weighted by molar-refractivity contribution is -0.111. The molecule has 0 amide bonds. The summed E-state index contributed by atoms with van der Waals surface area (Å²) in [6.07, 6.45) is 5.20. The van der Waals surface area contributed by atoms with Gasteiger partial charge in [-0.15, -0.1) is 0 Å². The largest absolute Gasteiger partial charge is 0.289 e. The monoisotopic (exact) mass is 182 g/mol. The Morgan fingerprint density at radius 1 is 1.00 bits per heavy atom. The first kappa shape index (κ1) is 8.70. The lowest BCUT2D eigenvalue weighted by Gasteiger charge is -2.07. The van der Waals surface area contributed by atoms with Crippen LogP contribution in [0.3, 0.4) is 0 Å². The van der Waals surface area contributed by atoms with Crippen molar-refractivity contribution in [3.63, 3.8) is 0 Å². The van der Waals surface area contributed by atoms with E-state index in [4.69, 9.17) is 0 Å². The molecule has 68 valence electrons. The second-order valence-electron chi connectivity index (χ2n) is 3.19. The van der Waals surface area contributed by atoms with E-state index in [-0.39, 0.29) is 5.78 Å². The molecule has 0 unspecified atom stereocenters. The van der Waals surface area contributed by atoms with Gasteiger partial charge in [0.15, 0.2) is 5.78 Å². The highest BCUT2D eigenvalue weighted by atomic mass is 16.1. The maximum Gasteiger partial charge on any atom is 0.185 e. The zero-order chi connectivity index (χ0) is 9.97. The van der Waals surface area contributed by atoms with Crippen LogP contribution in [-0.4, -0.2) is 5.78 Å². The zero-order valence-electron chi connectivity index (χ0n) is 7.73. The lowest BCUT2D eigenvalue weighted by atomic mass is 9.97. The van der Waals surface area contributed by atoms with Crippen molar-refractivity contribution >= 4 is 11.4 Å². The predicted molar refractivity (Wildman–Crippen MR) is 57.7 cm³/mol. The highest BCUT2D eigenvalue weighted by Crippen LogP contribution is 2.21. The number of benzene rings is 1. The Morgan fingerprint density at radius 3 is 2.36 bits per heavy atom. The molecular formula is C13H10O. The summed E-state index contributed by atoms with van der Waals surface area (Å²) in [6, 6.07) is 9.95. The Labute approximate surface area is 83.1 Å². The molecule has 1 aliphatic rings. The third-order valence-electron chi connectivity index (χ3n) is 2.17. The van der Waals surface area contributed by atoms with E-state index in [2.05, 4.69) is 6.58 Å². The summed E-state index contributed by atoms with van der Waals surface area (Å²) in [5.74, 6) is -0.00955. The maximum atomic E-state index is 11.1. The number of hydrogen-bond acceptors (Lipinski definition) is 1. The minimum absolute atomic E-state index is 0.00955. The van der Waals surface area contributed by atoms with Crippen LogP contribution in [0.4, 0.5) is 0 Å². The van der Waals surface area contributed by atoms with Crippen LogP contribution in [0, 0.1) is 0 Å². The molecule has 1 heteroatoms. The van der Waals surface area contributed by atoms with Crippen LogP contribution in [0.2, 0.25) is 0 Å². The molecule has 0 spiro atoms. The lowest BCUT2D eigenvalue weighted by Crippen LogP contribution is -1.99. The van der Waals surface area contributed by atoms with Crippen molar-refractivity contribution in [2.24, 2.45) is 0 Å². The van der Waals surface area contributed by atoms with Crippen LogP contribution in [0.1, 0.15) is 5.56 Å². The summed E-state index contributed by atoms with van der Waals surface area (Å²) in [4.78, 5) is 11.1. The van der Waals surface area contributed by atoms with Crippen LogP contribution in [0.25, 0.3) is 5.57 Å². The molecule has 1 aromatic rings. The third kappa shape index (κ3) is 1.57. The molecule has 2 rings (SSSR count). The summed E-state index contributed by atoms with van der Waals surface area (Å²) in [5, 5.41) is 0. The first-order chi connectivity index (χ1) is 6.77. The summed E-state index contributed by atoms with van der Waals surface area (Å²) in [6.45, 7) is 3.69. The highest BCUT2D eigenvalue weighted by molar-refractivity contribution is 6.10. The van der Waals surface area contributed by atoms with Crippen molar-refractivity contribution in [1.82, 2.24) is 0 Å². The number of hydrogen-bond donors (Lipinski definition) is 0. The fourth-order valence-corrected chi connectivity index (χ4v) is 1.39. The second-order valence-corrected chi connectivity index (χ2v) is 3.19. The minimum Gasteiger partial charge on any atom is -0.289 e. The molecule has 0 aromatic heterocycles. The van der Waals surface area contributed by atoms with Gasteiger partial charge in [0.05, 0.1) is 0 Å². The van der Waals surface area contributed by atoms with Crippen molar-refractivity contribution in [1.29, 1.82) is 0 Å². The molecular weight excluding hydrogens is 172 g/mol. The average molecular weight is 182 g/mol. The fourth-order valence-electron chi connectivity index (χ4n) is 1.39. The molecule has 1 aromatic carbocycles. The van der Waals surface area contributed by atoms with Crippen LogP contribution in [-0.2, 0) is 4.79 Å². The molecule has 0 aliphatic heterocycles. The Morgan fingerprint density at radius 2 is 1.71 bits per heavy atom. The number of rotatable bonds is 1. The van der Waals surface area contributed by atoms with Gasteiger partial charge in [0.25, 0.3) is 0 Å². The van der Waals surface area contributed by atoms with Crippen molar-refractivity contribution in [2.45, 2.75) is 0 Å². The molecule has 0 radical (unpaired) electrons. The van der Waals surface area contributed by atoms with Gasteiger partial charge in [-0.05, 0) is 23.3 Å². The van der Waals surface area contributed by atoms with Gasteiger partial charge < -0.3 is 0 Å². The van der Waals surface area contributed by atoms with E-state index in [1.807, 2.05) is 42.5 Å². The van der Waals surface area contributed by atoms with E-state index in [9.17, 15) is 4.79 Å². The predicted octanol–water partition coefficient (Wildman–Crippen LogP) is 2.77. The van der Waals surface area contributed by atoms with Crippen LogP contribution in [0.15, 0.2) is 60.7 Å². The van der Waals surface area contributed by atoms with Crippen molar-refractivity contribution in [3.05, 3.63) is 66.3 Å². The fraction of sp³-hybridized carbons (Fsp3) is 0. The van der Waals surface area contributed by atoms with E-state index in [0.717, 1.165) is 11.1 Å². The van der Waals surface area contributed by atoms with Gasteiger partial charge in [-0.25, -0.2) is 0 Å². The Hall–Kier alpha value is -1.89. The number of carbonyl (C=O) groups is 1. The topological polar surface area (TPSA) is 17.1 Å². The van der Waals surface area contributed by atoms with Crippen molar-refractivity contribution < 1.29 is 4.79 Å². The molecule has 0 N–H and O–H groups in total. The van der Waals surface area contributed by atoms with E-state index in [0.29, 0.717) is 5.57 Å². The first-order valence-electron chi connectivity index (χ1n) is 4.46. The molecule has 1 aliphatic carbocycles. The standard InChI is InChI=1S/C13H10O/c1-10-9-12(7-8-13(10)14)11-5-3-2-4-6-11/h2-9H,1H2. The van der Waals surface area contributed by atoms with Gasteiger partial charge in [-0.1, -0.05) is 43.0 Å². The maximum absolute atomic E-state index is 11.1. The molecule has 0 fully saturated rings. The van der Waals surface area contributed by atoms with Gasteiger partial charge >= 0.3 is 0 Å². The van der Waals surface area contributed by atoms with E-state index in [1.165, 1.54) is 0 Å². The minimum atomic E-state index is -0.00955. The zero-order valence-corrected chi connectivity index (χ0v) is 7.73. The van der Waals surface area contributed by atoms with Gasteiger partial charge in [0.1, 0.15) is 0 Å². The van der Waals surface area contributed by atoms with Gasteiger partial charge in [-0.2, -0.15) is 0 Å². The van der Waals surface area contributed by atoms with Gasteiger partial charge in [0, 0.05) is 5.57 Å². The van der Waals surface area contributed by atoms with Crippen LogP contribution in [0.5, 0.6) is 0 Å². The Balaban J connectivity index is 2.39. The Kier molecular flexibility index (Phi) is 2.15. The van der Waals surface area contributed by atoms with Gasteiger partial charge in [-0.3, -0.25) is 4.79 Å². The number of allylic oxidation sites excluding steroid dienone is 5. The molecule has 14 heavy (non-hydrogen) atoms. The van der Waals surface area contributed by atoms with Crippen molar-refractivity contribution in [3.8, 4) is 0 Å². The molecule has 0 saturated carbocycles. The average Bonchev–Trinajstić information content (AvgIpc) is 2.23. The molecule has 1 nitrogen and oxygen atoms in total.